The summed E-state index contributed by atoms with van der Waals surface area (Å²) in [6.07, 6.45) is 3.87. The molecule has 0 spiro atoms. The molecule has 1 atom stereocenters. The Morgan fingerprint density at radius 3 is 3.07 bits per heavy atom. The molecule has 1 saturated heterocycles. The monoisotopic (exact) mass is 206 g/mol. The van der Waals surface area contributed by atoms with Crippen molar-refractivity contribution >= 4 is 11.6 Å². The van der Waals surface area contributed by atoms with E-state index in [4.69, 9.17) is 5.11 Å². The van der Waals surface area contributed by atoms with E-state index in [-0.39, 0.29) is 18.4 Å². The Labute approximate surface area is 88.6 Å². The summed E-state index contributed by atoms with van der Waals surface area (Å²) in [5.41, 5.74) is 1.90. The van der Waals surface area contributed by atoms with E-state index in [0.29, 0.717) is 13.0 Å². The van der Waals surface area contributed by atoms with Crippen LogP contribution in [0.25, 0.3) is 0 Å². The number of amides is 1. The molecule has 15 heavy (non-hydrogen) atoms. The van der Waals surface area contributed by atoms with Gasteiger partial charge in [0.25, 0.3) is 0 Å². The van der Waals surface area contributed by atoms with Crippen molar-refractivity contribution in [1.29, 1.82) is 0 Å². The highest BCUT2D eigenvalue weighted by molar-refractivity contribution is 5.96. The number of nitrogens with zero attached hydrogens (tertiary/aromatic N) is 2. The molecule has 1 unspecified atom stereocenters. The average molecular weight is 206 g/mol. The summed E-state index contributed by atoms with van der Waals surface area (Å²) in [6.45, 7) is 2.62. The van der Waals surface area contributed by atoms with Crippen LogP contribution in [0.15, 0.2) is 18.5 Å². The van der Waals surface area contributed by atoms with Gasteiger partial charge in [-0.15, -0.1) is 0 Å². The highest BCUT2D eigenvalue weighted by atomic mass is 16.3. The fraction of sp³-hybridized carbons (Fsp3) is 0.455. The quantitative estimate of drug-likeness (QED) is 0.776. The molecule has 0 radical (unpaired) electrons. The largest absolute Gasteiger partial charge is 0.396 e. The van der Waals surface area contributed by atoms with E-state index in [9.17, 15) is 4.79 Å². The second kappa shape index (κ2) is 3.98. The number of anilines is 1. The fourth-order valence-electron chi connectivity index (χ4n) is 1.91. The minimum atomic E-state index is 0.0741. The number of aliphatic hydroxyl groups excluding tert-OH is 1. The van der Waals surface area contributed by atoms with E-state index in [1.807, 2.05) is 13.0 Å². The summed E-state index contributed by atoms with van der Waals surface area (Å²) in [7, 11) is 0. The predicted molar refractivity (Wildman–Crippen MR) is 56.5 cm³/mol. The molecule has 4 heteroatoms. The number of carbonyl (C=O) groups excluding carboxylic acids is 1. The lowest BCUT2D eigenvalue weighted by molar-refractivity contribution is -0.117. The van der Waals surface area contributed by atoms with Crippen molar-refractivity contribution < 1.29 is 9.90 Å². The zero-order chi connectivity index (χ0) is 10.8. The third-order valence-corrected chi connectivity index (χ3v) is 2.74. The Bertz CT molecular complexity index is 379. The first-order chi connectivity index (χ1) is 7.22. The van der Waals surface area contributed by atoms with Crippen LogP contribution < -0.4 is 4.90 Å². The van der Waals surface area contributed by atoms with Crippen LogP contribution in [0.5, 0.6) is 0 Å². The van der Waals surface area contributed by atoms with Crippen LogP contribution >= 0.6 is 0 Å². The lowest BCUT2D eigenvalue weighted by atomic mass is 10.1. The van der Waals surface area contributed by atoms with Gasteiger partial charge in [0, 0.05) is 43.6 Å². The maximum atomic E-state index is 11.7. The van der Waals surface area contributed by atoms with Crippen LogP contribution in [-0.4, -0.2) is 29.1 Å². The number of carbonyl (C=O) groups is 1. The number of aromatic nitrogens is 1. The first-order valence-electron chi connectivity index (χ1n) is 5.04. The first kappa shape index (κ1) is 10.1. The molecule has 1 aromatic heterocycles. The molecule has 0 bridgehead atoms. The van der Waals surface area contributed by atoms with Gasteiger partial charge in [-0.05, 0) is 18.6 Å². The molecule has 0 aliphatic carbocycles. The van der Waals surface area contributed by atoms with E-state index in [1.54, 1.807) is 17.3 Å². The normalized spacial score (nSPS) is 21.1. The Morgan fingerprint density at radius 2 is 2.47 bits per heavy atom. The van der Waals surface area contributed by atoms with Gasteiger partial charge < -0.3 is 10.0 Å². The van der Waals surface area contributed by atoms with Gasteiger partial charge in [-0.3, -0.25) is 9.78 Å². The second-order valence-corrected chi connectivity index (χ2v) is 3.92. The van der Waals surface area contributed by atoms with Crippen LogP contribution in [0.3, 0.4) is 0 Å². The number of hydrogen-bond acceptors (Lipinski definition) is 3. The zero-order valence-corrected chi connectivity index (χ0v) is 8.68. The summed E-state index contributed by atoms with van der Waals surface area (Å²) in [4.78, 5) is 17.4. The molecule has 80 valence electrons. The van der Waals surface area contributed by atoms with Crippen molar-refractivity contribution in [2.75, 3.05) is 18.1 Å². The smallest absolute Gasteiger partial charge is 0.227 e. The van der Waals surface area contributed by atoms with Crippen molar-refractivity contribution in [3.8, 4) is 0 Å². The molecule has 2 heterocycles. The van der Waals surface area contributed by atoms with Gasteiger partial charge in [0.05, 0.1) is 0 Å². The van der Waals surface area contributed by atoms with E-state index < -0.39 is 0 Å². The molecule has 1 aliphatic heterocycles. The molecule has 0 aromatic carbocycles. The Hall–Kier alpha value is -1.42. The minimum absolute atomic E-state index is 0.0741. The lowest BCUT2D eigenvalue weighted by Gasteiger charge is -2.18. The molecule has 1 aliphatic rings. The van der Waals surface area contributed by atoms with Crippen LogP contribution in [-0.2, 0) is 4.79 Å². The Kier molecular flexibility index (Phi) is 2.68. The fourth-order valence-corrected chi connectivity index (χ4v) is 1.91. The zero-order valence-electron chi connectivity index (χ0n) is 8.68. The molecule has 1 fully saturated rings. The molecule has 4 nitrogen and oxygen atoms in total. The molecule has 2 rings (SSSR count). The maximum Gasteiger partial charge on any atom is 0.227 e. The summed E-state index contributed by atoms with van der Waals surface area (Å²) in [5.74, 6) is 0.161. The molecule has 1 amide bonds. The molecule has 0 saturated carbocycles. The van der Waals surface area contributed by atoms with Crippen molar-refractivity contribution in [2.45, 2.75) is 13.3 Å². The Balaban J connectivity index is 2.25. The first-order valence-corrected chi connectivity index (χ1v) is 5.04. The van der Waals surface area contributed by atoms with Gasteiger partial charge in [-0.25, -0.2) is 0 Å². The average Bonchev–Trinajstić information content (AvgIpc) is 2.60. The standard InChI is InChI=1S/C11H14N2O2/c1-8-5-12-3-2-10(8)13-6-9(7-14)4-11(13)15/h2-3,5,9,14H,4,6-7H2,1H3. The van der Waals surface area contributed by atoms with Gasteiger partial charge in [0.15, 0.2) is 0 Å². The number of aryl methyl sites for hydroxylation is 1. The Morgan fingerprint density at radius 1 is 1.67 bits per heavy atom. The SMILES string of the molecule is Cc1cnccc1N1CC(CO)CC1=O. The summed E-state index contributed by atoms with van der Waals surface area (Å²) >= 11 is 0. The third-order valence-electron chi connectivity index (χ3n) is 2.74. The van der Waals surface area contributed by atoms with Crippen molar-refractivity contribution in [3.05, 3.63) is 24.0 Å². The van der Waals surface area contributed by atoms with Gasteiger partial charge in [0.2, 0.25) is 5.91 Å². The van der Waals surface area contributed by atoms with Gasteiger partial charge in [-0.2, -0.15) is 0 Å². The molecule has 1 aromatic rings. The van der Waals surface area contributed by atoms with E-state index >= 15 is 0 Å². The van der Waals surface area contributed by atoms with E-state index in [1.165, 1.54) is 0 Å². The van der Waals surface area contributed by atoms with Gasteiger partial charge >= 0.3 is 0 Å². The van der Waals surface area contributed by atoms with Crippen LogP contribution in [0, 0.1) is 12.8 Å². The molecular weight excluding hydrogens is 192 g/mol. The second-order valence-electron chi connectivity index (χ2n) is 3.92. The number of aliphatic hydroxyl groups is 1. The minimum Gasteiger partial charge on any atom is -0.396 e. The summed E-state index contributed by atoms with van der Waals surface area (Å²) in [5, 5.41) is 9.03. The predicted octanol–water partition coefficient (Wildman–Crippen LogP) is 0.735. The van der Waals surface area contributed by atoms with Crippen molar-refractivity contribution in [2.24, 2.45) is 5.92 Å². The van der Waals surface area contributed by atoms with E-state index in [0.717, 1.165) is 11.3 Å². The van der Waals surface area contributed by atoms with Crippen LogP contribution in [0.2, 0.25) is 0 Å². The van der Waals surface area contributed by atoms with Crippen molar-refractivity contribution in [1.82, 2.24) is 4.98 Å². The van der Waals surface area contributed by atoms with Gasteiger partial charge in [-0.1, -0.05) is 0 Å². The van der Waals surface area contributed by atoms with E-state index in [2.05, 4.69) is 4.98 Å². The van der Waals surface area contributed by atoms with Crippen LogP contribution in [0.1, 0.15) is 12.0 Å². The topological polar surface area (TPSA) is 53.4 Å². The molecule has 1 N–H and O–H groups in total. The highest BCUT2D eigenvalue weighted by Gasteiger charge is 2.30. The third kappa shape index (κ3) is 1.85. The van der Waals surface area contributed by atoms with Crippen LogP contribution in [0.4, 0.5) is 5.69 Å². The number of hydrogen-bond donors (Lipinski definition) is 1. The van der Waals surface area contributed by atoms with Crippen molar-refractivity contribution in [3.63, 3.8) is 0 Å². The van der Waals surface area contributed by atoms with Gasteiger partial charge in [0.1, 0.15) is 0 Å². The maximum absolute atomic E-state index is 11.7. The highest BCUT2D eigenvalue weighted by Crippen LogP contribution is 2.26. The number of rotatable bonds is 2. The molecular formula is C11H14N2O2. The lowest BCUT2D eigenvalue weighted by Crippen LogP contribution is -2.25. The summed E-state index contributed by atoms with van der Waals surface area (Å²) in [6, 6.07) is 1.84. The number of pyridine rings is 1. The summed E-state index contributed by atoms with van der Waals surface area (Å²) < 4.78 is 0.